The number of ether oxygens (including phenoxy) is 1. The van der Waals surface area contributed by atoms with E-state index >= 15 is 0 Å². The predicted octanol–water partition coefficient (Wildman–Crippen LogP) is 7.64. The number of carboxylic acid groups (broad SMARTS) is 1. The Kier molecular flexibility index (Phi) is 17.9. The molecule has 3 aromatic rings. The lowest BCUT2D eigenvalue weighted by atomic mass is 10.2. The van der Waals surface area contributed by atoms with Crippen molar-refractivity contribution in [3.05, 3.63) is 102 Å². The monoisotopic (exact) mass is 530 g/mol. The molecule has 3 rings (SSSR count). The van der Waals surface area contributed by atoms with E-state index in [0.717, 1.165) is 17.3 Å². The van der Waals surface area contributed by atoms with Gasteiger partial charge in [-0.2, -0.15) is 50.2 Å². The van der Waals surface area contributed by atoms with Gasteiger partial charge in [-0.15, -0.1) is 0 Å². The van der Waals surface area contributed by atoms with Crippen molar-refractivity contribution in [2.75, 3.05) is 7.11 Å². The van der Waals surface area contributed by atoms with E-state index in [1.54, 1.807) is 7.11 Å². The van der Waals surface area contributed by atoms with Gasteiger partial charge in [0.15, 0.2) is 0 Å². The largest absolute Gasteiger partial charge is 0.497 e. The van der Waals surface area contributed by atoms with E-state index in [0.29, 0.717) is 0 Å². The summed E-state index contributed by atoms with van der Waals surface area (Å²) in [5, 5.41) is 7.12. The standard InChI is InChI=1S/C14H14S.C7H8O.C2HF3O2.C2H6S2/c1-3-7-13(8-4-1)11-15-12-14-9-5-2-6-10-14;1-8-7-5-3-2-4-6-7;3-2(4,5)1(6)7;1-2(3)4/h1-10H,11-12H2;2-6H,1H3;(H,6,7);2-4H,1H3. The lowest BCUT2D eigenvalue weighted by molar-refractivity contribution is -0.192. The van der Waals surface area contributed by atoms with Crippen LogP contribution in [0.4, 0.5) is 13.2 Å². The number of aliphatic carboxylic acids is 1. The number of carboxylic acids is 1. The van der Waals surface area contributed by atoms with E-state index in [-0.39, 0.29) is 4.58 Å². The molecule has 9 heteroatoms. The molecule has 0 aromatic heterocycles. The highest BCUT2D eigenvalue weighted by Crippen LogP contribution is 2.17. The van der Waals surface area contributed by atoms with Crippen LogP contribution < -0.4 is 4.74 Å². The summed E-state index contributed by atoms with van der Waals surface area (Å²) in [6.07, 6.45) is -5.08. The molecule has 1 N–H and O–H groups in total. The van der Waals surface area contributed by atoms with E-state index in [9.17, 15) is 13.2 Å². The minimum absolute atomic E-state index is 0.222. The van der Waals surface area contributed by atoms with Crippen molar-refractivity contribution in [3.8, 4) is 5.75 Å². The molecule has 0 spiro atoms. The number of carbonyl (C=O) groups is 1. The number of methoxy groups -OCH3 is 1. The summed E-state index contributed by atoms with van der Waals surface area (Å²) in [4.78, 5) is 8.90. The molecular weight excluding hydrogens is 501 g/mol. The van der Waals surface area contributed by atoms with Crippen LogP contribution in [0.2, 0.25) is 0 Å². The molecule has 3 aromatic carbocycles. The Morgan fingerprint density at radius 2 is 1.15 bits per heavy atom. The lowest BCUT2D eigenvalue weighted by Gasteiger charge is -2.01. The molecule has 0 unspecified atom stereocenters. The Bertz CT molecular complexity index is 837. The maximum absolute atomic E-state index is 10.6. The fourth-order valence-corrected chi connectivity index (χ4v) is 2.95. The van der Waals surface area contributed by atoms with E-state index in [2.05, 4.69) is 85.9 Å². The Morgan fingerprint density at radius 1 is 0.853 bits per heavy atom. The molecule has 0 radical (unpaired) electrons. The fourth-order valence-electron chi connectivity index (χ4n) is 1.99. The van der Waals surface area contributed by atoms with Crippen molar-refractivity contribution >= 4 is 43.0 Å². The Labute approximate surface area is 214 Å². The van der Waals surface area contributed by atoms with Gasteiger partial charge >= 0.3 is 12.1 Å². The van der Waals surface area contributed by atoms with Gasteiger partial charge in [0.25, 0.3) is 0 Å². The first kappa shape index (κ1) is 31.8. The van der Waals surface area contributed by atoms with Crippen LogP contribution in [0.5, 0.6) is 5.75 Å². The first-order valence-electron chi connectivity index (χ1n) is 9.97. The van der Waals surface area contributed by atoms with Crippen LogP contribution in [0, 0.1) is 0 Å². The van der Waals surface area contributed by atoms with Crippen LogP contribution in [0.3, 0.4) is 0 Å². The van der Waals surface area contributed by atoms with Crippen LogP contribution in [0.1, 0.15) is 18.1 Å². The lowest BCUT2D eigenvalue weighted by Crippen LogP contribution is -2.21. The van der Waals surface area contributed by atoms with Gasteiger partial charge in [-0.05, 0) is 30.2 Å². The molecule has 0 aliphatic rings. The molecule has 0 amide bonds. The highest BCUT2D eigenvalue weighted by Gasteiger charge is 2.38. The maximum atomic E-state index is 10.6. The minimum atomic E-state index is -5.08. The summed E-state index contributed by atoms with van der Waals surface area (Å²) >= 11 is 9.62. The number of halogens is 3. The third-order valence-electron chi connectivity index (χ3n) is 3.44. The summed E-state index contributed by atoms with van der Waals surface area (Å²) in [6.45, 7) is 1.90. The van der Waals surface area contributed by atoms with E-state index in [1.807, 2.05) is 49.0 Å². The van der Waals surface area contributed by atoms with Crippen LogP contribution >= 0.6 is 37.0 Å². The fraction of sp³-hybridized carbons (Fsp3) is 0.240. The van der Waals surface area contributed by atoms with Gasteiger partial charge in [-0.1, -0.05) is 78.9 Å². The zero-order valence-electron chi connectivity index (χ0n) is 18.9. The summed E-state index contributed by atoms with van der Waals surface area (Å²) in [5.74, 6) is 0.339. The van der Waals surface area contributed by atoms with Crippen molar-refractivity contribution in [2.24, 2.45) is 0 Å². The number of thioether (sulfide) groups is 1. The zero-order valence-corrected chi connectivity index (χ0v) is 21.5. The summed E-state index contributed by atoms with van der Waals surface area (Å²) in [6, 6.07) is 30.9. The highest BCUT2D eigenvalue weighted by atomic mass is 32.2. The van der Waals surface area contributed by atoms with Crippen LogP contribution in [0.15, 0.2) is 91.0 Å². The number of para-hydroxylation sites is 1. The topological polar surface area (TPSA) is 46.5 Å². The third-order valence-corrected chi connectivity index (χ3v) is 4.52. The van der Waals surface area contributed by atoms with E-state index < -0.39 is 12.1 Å². The average Bonchev–Trinajstić information content (AvgIpc) is 2.81. The molecule has 0 heterocycles. The SMILES string of the molecule is CC(S)S.COc1ccccc1.O=C(O)C(F)(F)F.c1ccc(CSCc2ccccc2)cc1. The second-order valence-corrected chi connectivity index (χ2v) is 9.36. The van der Waals surface area contributed by atoms with E-state index in [1.165, 1.54) is 11.1 Å². The molecule has 0 saturated carbocycles. The van der Waals surface area contributed by atoms with Gasteiger partial charge in [-0.3, -0.25) is 0 Å². The minimum Gasteiger partial charge on any atom is -0.497 e. The number of benzene rings is 3. The summed E-state index contributed by atoms with van der Waals surface area (Å²) in [5.41, 5.74) is 2.80. The second-order valence-electron chi connectivity index (χ2n) is 6.42. The normalized spacial score (nSPS) is 9.88. The van der Waals surface area contributed by atoms with Crippen LogP contribution in [-0.2, 0) is 16.3 Å². The molecule has 0 aliphatic heterocycles. The Balaban J connectivity index is 0.000000486. The second kappa shape index (κ2) is 19.1. The third kappa shape index (κ3) is 19.3. The van der Waals surface area contributed by atoms with Crippen LogP contribution in [-0.4, -0.2) is 28.9 Å². The average molecular weight is 531 g/mol. The van der Waals surface area contributed by atoms with Crippen molar-refractivity contribution < 1.29 is 27.8 Å². The number of thiol groups is 2. The first-order chi connectivity index (χ1) is 16.1. The van der Waals surface area contributed by atoms with Crippen molar-refractivity contribution in [1.82, 2.24) is 0 Å². The van der Waals surface area contributed by atoms with Gasteiger partial charge in [0.2, 0.25) is 0 Å². The van der Waals surface area contributed by atoms with Crippen molar-refractivity contribution in [1.29, 1.82) is 0 Å². The molecule has 186 valence electrons. The van der Waals surface area contributed by atoms with Gasteiger partial charge < -0.3 is 9.84 Å². The molecule has 0 bridgehead atoms. The summed E-state index contributed by atoms with van der Waals surface area (Å²) < 4.78 is 36.9. The zero-order chi connectivity index (χ0) is 25.8. The van der Waals surface area contributed by atoms with Gasteiger partial charge in [0.1, 0.15) is 5.75 Å². The van der Waals surface area contributed by atoms with E-state index in [4.69, 9.17) is 14.6 Å². The Morgan fingerprint density at radius 3 is 1.38 bits per heavy atom. The molecule has 34 heavy (non-hydrogen) atoms. The van der Waals surface area contributed by atoms with Crippen LogP contribution in [0.25, 0.3) is 0 Å². The number of hydrogen-bond donors (Lipinski definition) is 3. The number of hydrogen-bond acceptors (Lipinski definition) is 5. The van der Waals surface area contributed by atoms with Gasteiger partial charge in [0.05, 0.1) is 7.11 Å². The van der Waals surface area contributed by atoms with Gasteiger partial charge in [-0.25, -0.2) is 4.79 Å². The molecular formula is C25H29F3O3S3. The number of alkyl halides is 3. The maximum Gasteiger partial charge on any atom is 0.490 e. The van der Waals surface area contributed by atoms with Crippen molar-refractivity contribution in [3.63, 3.8) is 0 Å². The van der Waals surface area contributed by atoms with Gasteiger partial charge in [0, 0.05) is 16.1 Å². The summed E-state index contributed by atoms with van der Waals surface area (Å²) in [7, 11) is 1.66. The van der Waals surface area contributed by atoms with Crippen molar-refractivity contribution in [2.45, 2.75) is 29.2 Å². The quantitative estimate of drug-likeness (QED) is 0.234. The predicted molar refractivity (Wildman–Crippen MR) is 142 cm³/mol. The first-order valence-corrected chi connectivity index (χ1v) is 12.2. The highest BCUT2D eigenvalue weighted by molar-refractivity contribution is 7.99. The molecule has 0 saturated heterocycles. The molecule has 0 aliphatic carbocycles. The molecule has 0 fully saturated rings. The Hall–Kier alpha value is -2.23. The molecule has 3 nitrogen and oxygen atoms in total. The molecule has 0 atom stereocenters. The number of rotatable bonds is 5. The smallest absolute Gasteiger partial charge is 0.490 e.